The van der Waals surface area contributed by atoms with Crippen molar-refractivity contribution in [3.8, 4) is 0 Å². The van der Waals surface area contributed by atoms with E-state index in [9.17, 15) is 13.2 Å². The van der Waals surface area contributed by atoms with Gasteiger partial charge >= 0.3 is 5.97 Å². The van der Waals surface area contributed by atoms with Gasteiger partial charge in [-0.2, -0.15) is 0 Å². The molecule has 1 saturated carbocycles. The molecule has 0 aromatic heterocycles. The SMILES string of the molecule is COC1CCCC1S(=O)(=O)N1C[C@@H](C)[C@H](C(=O)O)C1. The van der Waals surface area contributed by atoms with Crippen molar-refractivity contribution >= 4 is 16.0 Å². The lowest BCUT2D eigenvalue weighted by Gasteiger charge is -2.24. The van der Waals surface area contributed by atoms with Crippen molar-refractivity contribution in [2.75, 3.05) is 20.2 Å². The number of carbonyl (C=O) groups is 1. The summed E-state index contributed by atoms with van der Waals surface area (Å²) >= 11 is 0. The van der Waals surface area contributed by atoms with Crippen LogP contribution in [0.2, 0.25) is 0 Å². The molecule has 4 atom stereocenters. The molecule has 2 aliphatic rings. The van der Waals surface area contributed by atoms with E-state index < -0.39 is 27.2 Å². The van der Waals surface area contributed by atoms with E-state index in [0.29, 0.717) is 13.0 Å². The Morgan fingerprint density at radius 1 is 1.32 bits per heavy atom. The van der Waals surface area contributed by atoms with Crippen molar-refractivity contribution < 1.29 is 23.1 Å². The zero-order valence-electron chi connectivity index (χ0n) is 11.3. The van der Waals surface area contributed by atoms with E-state index in [2.05, 4.69) is 0 Å². The van der Waals surface area contributed by atoms with E-state index >= 15 is 0 Å². The van der Waals surface area contributed by atoms with Crippen LogP contribution >= 0.6 is 0 Å². The van der Waals surface area contributed by atoms with E-state index in [4.69, 9.17) is 9.84 Å². The minimum Gasteiger partial charge on any atom is -0.481 e. The molecule has 110 valence electrons. The maximum absolute atomic E-state index is 12.6. The number of hydrogen-bond acceptors (Lipinski definition) is 4. The highest BCUT2D eigenvalue weighted by Crippen LogP contribution is 2.33. The predicted octanol–water partition coefficient (Wildman–Crippen LogP) is 0.536. The van der Waals surface area contributed by atoms with Crippen LogP contribution in [0.3, 0.4) is 0 Å². The van der Waals surface area contributed by atoms with E-state index in [1.54, 1.807) is 6.92 Å². The second-order valence-electron chi connectivity index (χ2n) is 5.53. The Morgan fingerprint density at radius 2 is 2.00 bits per heavy atom. The van der Waals surface area contributed by atoms with E-state index in [-0.39, 0.29) is 18.6 Å². The van der Waals surface area contributed by atoms with Crippen LogP contribution in [0.25, 0.3) is 0 Å². The number of aliphatic carboxylic acids is 1. The molecule has 1 aliphatic carbocycles. The van der Waals surface area contributed by atoms with Crippen LogP contribution in [0.4, 0.5) is 0 Å². The van der Waals surface area contributed by atoms with Crippen LogP contribution in [0.5, 0.6) is 0 Å². The number of methoxy groups -OCH3 is 1. The van der Waals surface area contributed by atoms with Crippen molar-refractivity contribution in [3.63, 3.8) is 0 Å². The lowest BCUT2D eigenvalue weighted by Crippen LogP contribution is -2.42. The molecule has 6 nitrogen and oxygen atoms in total. The highest BCUT2D eigenvalue weighted by atomic mass is 32.2. The van der Waals surface area contributed by atoms with Crippen molar-refractivity contribution in [3.05, 3.63) is 0 Å². The second kappa shape index (κ2) is 5.38. The molecule has 2 unspecified atom stereocenters. The van der Waals surface area contributed by atoms with Gasteiger partial charge in [-0.05, 0) is 25.2 Å². The highest BCUT2D eigenvalue weighted by molar-refractivity contribution is 7.89. The van der Waals surface area contributed by atoms with Gasteiger partial charge < -0.3 is 9.84 Å². The highest BCUT2D eigenvalue weighted by Gasteiger charge is 2.46. The molecule has 0 amide bonds. The first kappa shape index (κ1) is 14.7. The van der Waals surface area contributed by atoms with Crippen molar-refractivity contribution in [1.82, 2.24) is 4.31 Å². The maximum Gasteiger partial charge on any atom is 0.308 e. The number of carboxylic acids is 1. The van der Waals surface area contributed by atoms with Crippen LogP contribution in [0.15, 0.2) is 0 Å². The standard InChI is InChI=1S/C12H21NO5S/c1-8-6-13(7-9(8)12(14)15)19(16,17)11-5-3-4-10(11)18-2/h8-11H,3-7H2,1-2H3,(H,14,15)/t8-,9-,10?,11?/m1/s1. The summed E-state index contributed by atoms with van der Waals surface area (Å²) in [4.78, 5) is 11.1. The third kappa shape index (κ3) is 2.64. The van der Waals surface area contributed by atoms with Crippen LogP contribution in [-0.4, -0.2) is 55.4 Å². The molecule has 0 aromatic carbocycles. The summed E-state index contributed by atoms with van der Waals surface area (Å²) in [6.45, 7) is 2.18. The number of ether oxygens (including phenoxy) is 1. The number of rotatable bonds is 4. The fourth-order valence-electron chi connectivity index (χ4n) is 3.15. The Morgan fingerprint density at radius 3 is 2.53 bits per heavy atom. The molecular formula is C12H21NO5S. The van der Waals surface area contributed by atoms with Gasteiger partial charge in [0.25, 0.3) is 0 Å². The lowest BCUT2D eigenvalue weighted by molar-refractivity contribution is -0.142. The second-order valence-corrected chi connectivity index (χ2v) is 7.68. The Kier molecular flexibility index (Phi) is 4.17. The third-order valence-electron chi connectivity index (χ3n) is 4.33. The van der Waals surface area contributed by atoms with E-state index in [1.807, 2.05) is 0 Å². The zero-order chi connectivity index (χ0) is 14.2. The zero-order valence-corrected chi connectivity index (χ0v) is 12.1. The van der Waals surface area contributed by atoms with Gasteiger partial charge in [0.2, 0.25) is 10.0 Å². The summed E-state index contributed by atoms with van der Waals surface area (Å²) in [5, 5.41) is 8.57. The molecule has 19 heavy (non-hydrogen) atoms. The van der Waals surface area contributed by atoms with Gasteiger partial charge in [-0.3, -0.25) is 4.79 Å². The molecule has 2 rings (SSSR count). The predicted molar refractivity (Wildman–Crippen MR) is 69.2 cm³/mol. The molecule has 1 saturated heterocycles. The number of carboxylic acid groups (broad SMARTS) is 1. The van der Waals surface area contributed by atoms with Crippen LogP contribution < -0.4 is 0 Å². The summed E-state index contributed by atoms with van der Waals surface area (Å²) in [5.74, 6) is -1.66. The molecule has 1 aliphatic heterocycles. The summed E-state index contributed by atoms with van der Waals surface area (Å²) in [6, 6.07) is 0. The fraction of sp³-hybridized carbons (Fsp3) is 0.917. The minimum atomic E-state index is -3.45. The Hall–Kier alpha value is -0.660. The quantitative estimate of drug-likeness (QED) is 0.817. The summed E-state index contributed by atoms with van der Waals surface area (Å²) in [7, 11) is -1.92. The molecule has 1 N–H and O–H groups in total. The summed E-state index contributed by atoms with van der Waals surface area (Å²) < 4.78 is 31.7. The summed E-state index contributed by atoms with van der Waals surface area (Å²) in [6.07, 6.45) is 1.94. The molecule has 7 heteroatoms. The first-order valence-electron chi connectivity index (χ1n) is 6.62. The van der Waals surface area contributed by atoms with E-state index in [0.717, 1.165) is 12.8 Å². The van der Waals surface area contributed by atoms with Gasteiger partial charge in [0.15, 0.2) is 0 Å². The first-order chi connectivity index (χ1) is 8.87. The molecule has 0 aromatic rings. The fourth-order valence-corrected chi connectivity index (χ4v) is 5.44. The maximum atomic E-state index is 12.6. The Bertz CT molecular complexity index is 449. The van der Waals surface area contributed by atoms with Crippen LogP contribution in [-0.2, 0) is 19.6 Å². The number of nitrogens with zero attached hydrogens (tertiary/aromatic N) is 1. The Balaban J connectivity index is 2.15. The first-order valence-corrected chi connectivity index (χ1v) is 8.12. The monoisotopic (exact) mass is 291 g/mol. The summed E-state index contributed by atoms with van der Waals surface area (Å²) in [5.41, 5.74) is 0. The van der Waals surface area contributed by atoms with Gasteiger partial charge in [-0.25, -0.2) is 12.7 Å². The Labute approximate surface area is 113 Å². The molecule has 0 spiro atoms. The molecule has 1 heterocycles. The van der Waals surface area contributed by atoms with E-state index in [1.165, 1.54) is 11.4 Å². The minimum absolute atomic E-state index is 0.0891. The average Bonchev–Trinajstić information content (AvgIpc) is 2.94. The lowest BCUT2D eigenvalue weighted by atomic mass is 9.99. The van der Waals surface area contributed by atoms with Crippen LogP contribution in [0, 0.1) is 11.8 Å². The molecular weight excluding hydrogens is 270 g/mol. The number of sulfonamides is 1. The average molecular weight is 291 g/mol. The molecule has 0 radical (unpaired) electrons. The van der Waals surface area contributed by atoms with Gasteiger partial charge in [0.05, 0.1) is 12.0 Å². The van der Waals surface area contributed by atoms with Crippen molar-refractivity contribution in [2.45, 2.75) is 37.5 Å². The number of hydrogen-bond donors (Lipinski definition) is 1. The van der Waals surface area contributed by atoms with Gasteiger partial charge in [0.1, 0.15) is 5.25 Å². The van der Waals surface area contributed by atoms with Gasteiger partial charge in [0, 0.05) is 20.2 Å². The topological polar surface area (TPSA) is 83.9 Å². The van der Waals surface area contributed by atoms with Crippen LogP contribution in [0.1, 0.15) is 26.2 Å². The smallest absolute Gasteiger partial charge is 0.308 e. The van der Waals surface area contributed by atoms with Gasteiger partial charge in [-0.1, -0.05) is 6.92 Å². The molecule has 2 fully saturated rings. The van der Waals surface area contributed by atoms with Crippen molar-refractivity contribution in [1.29, 1.82) is 0 Å². The van der Waals surface area contributed by atoms with Crippen molar-refractivity contribution in [2.24, 2.45) is 11.8 Å². The normalized spacial score (nSPS) is 36.7. The third-order valence-corrected chi connectivity index (χ3v) is 6.66. The largest absolute Gasteiger partial charge is 0.481 e. The van der Waals surface area contributed by atoms with Gasteiger partial charge in [-0.15, -0.1) is 0 Å². The molecule has 0 bridgehead atoms.